The van der Waals surface area contributed by atoms with Gasteiger partial charge in [-0.25, -0.2) is 0 Å². The van der Waals surface area contributed by atoms with Crippen LogP contribution in [0.15, 0.2) is 12.2 Å². The predicted octanol–water partition coefficient (Wildman–Crippen LogP) is 2.90. The average molecular weight is 310 g/mol. The molecule has 0 amide bonds. The van der Waals surface area contributed by atoms with Gasteiger partial charge in [-0.05, 0) is 32.4 Å². The molecule has 21 heavy (non-hydrogen) atoms. The number of hydrogen-bond donors (Lipinski definition) is 0. The van der Waals surface area contributed by atoms with Gasteiger partial charge in [-0.1, -0.05) is 19.6 Å². The van der Waals surface area contributed by atoms with E-state index in [1.165, 1.54) is 6.08 Å². The number of ketones is 1. The van der Waals surface area contributed by atoms with Crippen LogP contribution in [-0.2, 0) is 19.0 Å². The van der Waals surface area contributed by atoms with E-state index in [1.54, 1.807) is 6.08 Å². The van der Waals surface area contributed by atoms with E-state index in [2.05, 4.69) is 31.1 Å². The maximum atomic E-state index is 11.8. The van der Waals surface area contributed by atoms with Gasteiger partial charge in [0.05, 0.1) is 0 Å². The molecule has 0 radical (unpaired) electrons. The molecule has 1 rings (SSSR count). The molecule has 0 bridgehead atoms. The van der Waals surface area contributed by atoms with Gasteiger partial charge in [-0.3, -0.25) is 4.79 Å². The van der Waals surface area contributed by atoms with Crippen LogP contribution in [0.3, 0.4) is 0 Å². The van der Waals surface area contributed by atoms with Crippen LogP contribution in [0.1, 0.15) is 26.7 Å². The molecule has 5 heteroatoms. The molecule has 118 valence electrons. The van der Waals surface area contributed by atoms with Crippen molar-refractivity contribution in [3.8, 4) is 11.5 Å². The van der Waals surface area contributed by atoms with Crippen LogP contribution in [-0.4, -0.2) is 39.1 Å². The summed E-state index contributed by atoms with van der Waals surface area (Å²) in [6.07, 6.45) is 3.08. The summed E-state index contributed by atoms with van der Waals surface area (Å²) in [5.74, 6) is 3.14. The zero-order valence-corrected chi connectivity index (χ0v) is 14.6. The third kappa shape index (κ3) is 7.58. The highest BCUT2D eigenvalue weighted by Gasteiger charge is 2.26. The van der Waals surface area contributed by atoms with Crippen LogP contribution >= 0.6 is 0 Å². The molecule has 0 aromatic heterocycles. The number of hydrogen-bond acceptors (Lipinski definition) is 4. The first kappa shape index (κ1) is 18.1. The molecule has 0 aromatic carbocycles. The second-order valence-electron chi connectivity index (χ2n) is 6.00. The van der Waals surface area contributed by atoms with Crippen LogP contribution < -0.4 is 0 Å². The molecule has 0 N–H and O–H groups in total. The lowest BCUT2D eigenvalue weighted by atomic mass is 10.1. The normalized spacial score (nSPS) is 23.6. The third-order valence-corrected chi connectivity index (χ3v) is 3.68. The minimum Gasteiger partial charge on any atom is -0.353 e. The maximum absolute atomic E-state index is 11.8. The standard InChI is InChI=1S/C16H26O4Si/c1-6-18-13(2)19-16-11-10-14(17)15(20-16)9-7-8-12-21(3,4)5/h10-11,13,15-16H,6-7,9H2,1-5H3/t13?,15-,16+/m1/s1. The highest BCUT2D eigenvalue weighted by molar-refractivity contribution is 6.83. The highest BCUT2D eigenvalue weighted by Crippen LogP contribution is 2.16. The second kappa shape index (κ2) is 8.50. The van der Waals surface area contributed by atoms with E-state index in [0.717, 1.165) is 0 Å². The van der Waals surface area contributed by atoms with E-state index >= 15 is 0 Å². The van der Waals surface area contributed by atoms with Crippen LogP contribution in [0.2, 0.25) is 19.6 Å². The first-order chi connectivity index (χ1) is 9.81. The fraction of sp³-hybridized carbons (Fsp3) is 0.688. The molecule has 0 aromatic rings. The summed E-state index contributed by atoms with van der Waals surface area (Å²) in [4.78, 5) is 11.8. The minimum atomic E-state index is -1.35. The lowest BCUT2D eigenvalue weighted by molar-refractivity contribution is -0.232. The fourth-order valence-electron chi connectivity index (χ4n) is 1.84. The Balaban J connectivity index is 2.46. The van der Waals surface area contributed by atoms with Crippen LogP contribution in [0.4, 0.5) is 0 Å². The van der Waals surface area contributed by atoms with Gasteiger partial charge in [0.2, 0.25) is 0 Å². The largest absolute Gasteiger partial charge is 0.353 e. The molecule has 0 saturated heterocycles. The zero-order valence-electron chi connectivity index (χ0n) is 13.6. The second-order valence-corrected chi connectivity index (χ2v) is 10.8. The average Bonchev–Trinajstić information content (AvgIpc) is 2.37. The van der Waals surface area contributed by atoms with Gasteiger partial charge in [-0.2, -0.15) is 0 Å². The predicted molar refractivity (Wildman–Crippen MR) is 85.3 cm³/mol. The van der Waals surface area contributed by atoms with Gasteiger partial charge < -0.3 is 14.2 Å². The van der Waals surface area contributed by atoms with Crippen LogP contribution in [0.5, 0.6) is 0 Å². The van der Waals surface area contributed by atoms with Gasteiger partial charge in [0.1, 0.15) is 14.2 Å². The van der Waals surface area contributed by atoms with Crippen molar-refractivity contribution in [1.82, 2.24) is 0 Å². The van der Waals surface area contributed by atoms with Gasteiger partial charge in [0.15, 0.2) is 18.4 Å². The minimum absolute atomic E-state index is 0.0197. The van der Waals surface area contributed by atoms with Crippen molar-refractivity contribution in [2.75, 3.05) is 6.61 Å². The van der Waals surface area contributed by atoms with E-state index in [-0.39, 0.29) is 12.1 Å². The Morgan fingerprint density at radius 3 is 2.76 bits per heavy atom. The summed E-state index contributed by atoms with van der Waals surface area (Å²) in [5.41, 5.74) is 3.29. The van der Waals surface area contributed by atoms with Crippen molar-refractivity contribution >= 4 is 13.9 Å². The third-order valence-electron chi connectivity index (χ3n) is 2.76. The summed E-state index contributed by atoms with van der Waals surface area (Å²) in [5, 5.41) is 0. The fourth-order valence-corrected chi connectivity index (χ4v) is 2.49. The lowest BCUT2D eigenvalue weighted by Crippen LogP contribution is -2.35. The van der Waals surface area contributed by atoms with Crippen molar-refractivity contribution in [3.05, 3.63) is 12.2 Å². The van der Waals surface area contributed by atoms with Crippen LogP contribution in [0.25, 0.3) is 0 Å². The monoisotopic (exact) mass is 310 g/mol. The van der Waals surface area contributed by atoms with E-state index < -0.39 is 20.5 Å². The summed E-state index contributed by atoms with van der Waals surface area (Å²) in [6, 6.07) is 0. The Morgan fingerprint density at radius 1 is 1.43 bits per heavy atom. The summed E-state index contributed by atoms with van der Waals surface area (Å²) in [7, 11) is -1.35. The molecule has 0 spiro atoms. The molecule has 4 nitrogen and oxygen atoms in total. The summed E-state index contributed by atoms with van der Waals surface area (Å²) >= 11 is 0. The number of carbonyl (C=O) groups is 1. The van der Waals surface area contributed by atoms with E-state index in [0.29, 0.717) is 19.4 Å². The highest BCUT2D eigenvalue weighted by atomic mass is 28.3. The van der Waals surface area contributed by atoms with E-state index in [4.69, 9.17) is 14.2 Å². The Labute approximate surface area is 128 Å². The van der Waals surface area contributed by atoms with Gasteiger partial charge in [-0.15, -0.1) is 11.5 Å². The molecule has 1 heterocycles. The molecule has 0 aliphatic carbocycles. The first-order valence-electron chi connectivity index (χ1n) is 7.46. The molecule has 0 fully saturated rings. The molecule has 1 unspecified atom stereocenters. The van der Waals surface area contributed by atoms with Gasteiger partial charge >= 0.3 is 0 Å². The molecule has 1 aliphatic rings. The van der Waals surface area contributed by atoms with Gasteiger partial charge in [0.25, 0.3) is 0 Å². The zero-order chi connectivity index (χ0) is 15.9. The van der Waals surface area contributed by atoms with Crippen LogP contribution in [0, 0.1) is 11.5 Å². The van der Waals surface area contributed by atoms with Crippen molar-refractivity contribution in [1.29, 1.82) is 0 Å². The smallest absolute Gasteiger partial charge is 0.184 e. The molecular formula is C16H26O4Si. The number of rotatable bonds is 6. The quantitative estimate of drug-likeness (QED) is 0.430. The first-order valence-corrected chi connectivity index (χ1v) is 11.0. The lowest BCUT2D eigenvalue weighted by Gasteiger charge is -2.26. The maximum Gasteiger partial charge on any atom is 0.184 e. The van der Waals surface area contributed by atoms with Crippen molar-refractivity contribution in [2.45, 2.75) is 65.0 Å². The SMILES string of the molecule is CCOC(C)O[C@@H]1C=CC(=O)[C@@H](CCC#C[Si](C)(C)C)O1. The Bertz CT molecular complexity index is 428. The molecular weight excluding hydrogens is 284 g/mol. The summed E-state index contributed by atoms with van der Waals surface area (Å²) in [6.45, 7) is 10.9. The Hall–Kier alpha value is -0.933. The molecule has 1 aliphatic heterocycles. The Kier molecular flexibility index (Phi) is 7.33. The van der Waals surface area contributed by atoms with E-state index in [9.17, 15) is 4.79 Å². The van der Waals surface area contributed by atoms with Crippen molar-refractivity contribution in [3.63, 3.8) is 0 Å². The Morgan fingerprint density at radius 2 is 2.14 bits per heavy atom. The molecule has 3 atom stereocenters. The molecule has 0 saturated carbocycles. The topological polar surface area (TPSA) is 44.8 Å². The number of carbonyl (C=O) groups excluding carboxylic acids is 1. The van der Waals surface area contributed by atoms with E-state index in [1.807, 2.05) is 13.8 Å². The summed E-state index contributed by atoms with van der Waals surface area (Å²) < 4.78 is 16.5. The van der Waals surface area contributed by atoms with Gasteiger partial charge in [0, 0.05) is 13.0 Å². The van der Waals surface area contributed by atoms with Crippen molar-refractivity contribution in [2.24, 2.45) is 0 Å². The number of ether oxygens (including phenoxy) is 3. The van der Waals surface area contributed by atoms with Crippen molar-refractivity contribution < 1.29 is 19.0 Å².